The highest BCUT2D eigenvalue weighted by Crippen LogP contribution is 2.34. The average molecular weight is 428 g/mol. The summed E-state index contributed by atoms with van der Waals surface area (Å²) in [6.07, 6.45) is 0. The lowest BCUT2D eigenvalue weighted by atomic mass is 10.1. The van der Waals surface area contributed by atoms with Crippen molar-refractivity contribution in [2.24, 2.45) is 0 Å². The third kappa shape index (κ3) is 3.69. The number of ether oxygens (including phenoxy) is 1. The van der Waals surface area contributed by atoms with Crippen molar-refractivity contribution in [2.75, 3.05) is 7.11 Å². The first-order valence-corrected chi connectivity index (χ1v) is 10.5. The number of benzene rings is 3. The Morgan fingerprint density at radius 3 is 2.28 bits per heavy atom. The van der Waals surface area contributed by atoms with E-state index in [0.29, 0.717) is 27.2 Å². The summed E-state index contributed by atoms with van der Waals surface area (Å²) >= 11 is 5.97. The number of hydrogen-bond donors (Lipinski definition) is 0. The van der Waals surface area contributed by atoms with Crippen molar-refractivity contribution in [2.45, 2.75) is 9.79 Å². The lowest BCUT2D eigenvalue weighted by Crippen LogP contribution is -2.06. The van der Waals surface area contributed by atoms with Crippen molar-refractivity contribution in [3.8, 4) is 17.0 Å². The number of pyridine rings is 1. The Balaban J connectivity index is 1.99. The van der Waals surface area contributed by atoms with Gasteiger partial charge >= 0.3 is 0 Å². The van der Waals surface area contributed by atoms with E-state index in [1.165, 1.54) is 43.5 Å². The van der Waals surface area contributed by atoms with Gasteiger partial charge in [-0.25, -0.2) is 17.8 Å². The minimum Gasteiger partial charge on any atom is -0.497 e. The van der Waals surface area contributed by atoms with Crippen LogP contribution in [0.2, 0.25) is 5.02 Å². The van der Waals surface area contributed by atoms with Crippen molar-refractivity contribution in [1.29, 1.82) is 0 Å². The van der Waals surface area contributed by atoms with Crippen molar-refractivity contribution < 1.29 is 17.5 Å². The largest absolute Gasteiger partial charge is 0.497 e. The fourth-order valence-corrected chi connectivity index (χ4v) is 4.60. The highest BCUT2D eigenvalue weighted by atomic mass is 35.5. The average Bonchev–Trinajstić information content (AvgIpc) is 2.73. The molecule has 4 rings (SSSR count). The van der Waals surface area contributed by atoms with Crippen LogP contribution in [0.5, 0.6) is 5.75 Å². The number of nitrogens with zero attached hydrogens (tertiary/aromatic N) is 1. The fraction of sp³-hybridized carbons (Fsp3) is 0.0455. The second-order valence-electron chi connectivity index (χ2n) is 6.36. The number of halogens is 2. The van der Waals surface area contributed by atoms with Crippen molar-refractivity contribution in [3.63, 3.8) is 0 Å². The molecule has 0 fully saturated rings. The first kappa shape index (κ1) is 19.4. The van der Waals surface area contributed by atoms with Gasteiger partial charge in [-0.3, -0.25) is 0 Å². The number of fused-ring (bicyclic) bond motifs is 1. The molecule has 0 aliphatic carbocycles. The molecule has 1 aromatic heterocycles. The van der Waals surface area contributed by atoms with E-state index in [1.807, 2.05) is 0 Å². The third-order valence-electron chi connectivity index (χ3n) is 4.52. The molecule has 0 aliphatic rings. The number of hydrogen-bond acceptors (Lipinski definition) is 4. The molecule has 0 unspecified atom stereocenters. The number of rotatable bonds is 4. The van der Waals surface area contributed by atoms with E-state index in [4.69, 9.17) is 16.3 Å². The Kier molecular flexibility index (Phi) is 4.98. The van der Waals surface area contributed by atoms with Crippen molar-refractivity contribution in [3.05, 3.63) is 83.6 Å². The molecule has 0 saturated heterocycles. The van der Waals surface area contributed by atoms with Crippen LogP contribution in [0.3, 0.4) is 0 Å². The first-order valence-electron chi connectivity index (χ1n) is 8.64. The molecule has 0 saturated carbocycles. The third-order valence-corrected chi connectivity index (χ3v) is 6.56. The Morgan fingerprint density at radius 2 is 1.62 bits per heavy atom. The predicted octanol–water partition coefficient (Wildman–Crippen LogP) is 5.54. The van der Waals surface area contributed by atoms with Crippen LogP contribution in [0.4, 0.5) is 4.39 Å². The van der Waals surface area contributed by atoms with Gasteiger partial charge in [-0.2, -0.15) is 0 Å². The molecule has 0 N–H and O–H groups in total. The Morgan fingerprint density at radius 1 is 0.931 bits per heavy atom. The molecule has 7 heteroatoms. The summed E-state index contributed by atoms with van der Waals surface area (Å²) in [6, 6.07) is 18.4. The summed E-state index contributed by atoms with van der Waals surface area (Å²) in [5, 5.41) is 1.04. The number of methoxy groups -OCH3 is 1. The minimum atomic E-state index is -3.90. The van der Waals surface area contributed by atoms with Gasteiger partial charge in [-0.15, -0.1) is 0 Å². The molecule has 0 aliphatic heterocycles. The summed E-state index contributed by atoms with van der Waals surface area (Å²) < 4.78 is 45.7. The minimum absolute atomic E-state index is 0.0316. The summed E-state index contributed by atoms with van der Waals surface area (Å²) in [7, 11) is -2.39. The summed E-state index contributed by atoms with van der Waals surface area (Å²) in [5.41, 5.74) is 1.16. The molecule has 0 spiro atoms. The van der Waals surface area contributed by atoms with Gasteiger partial charge in [0.25, 0.3) is 0 Å². The van der Waals surface area contributed by atoms with E-state index < -0.39 is 15.7 Å². The lowest BCUT2D eigenvalue weighted by Gasteiger charge is -2.13. The van der Waals surface area contributed by atoms with E-state index in [-0.39, 0.29) is 15.5 Å². The Hall–Kier alpha value is -2.96. The zero-order valence-electron chi connectivity index (χ0n) is 15.3. The van der Waals surface area contributed by atoms with Gasteiger partial charge in [0, 0.05) is 22.0 Å². The van der Waals surface area contributed by atoms with Crippen LogP contribution >= 0.6 is 11.6 Å². The summed E-state index contributed by atoms with van der Waals surface area (Å²) in [5.74, 6) is 0.104. The molecule has 0 radical (unpaired) electrons. The molecular formula is C22H15ClFNO3S. The van der Waals surface area contributed by atoms with Crippen molar-refractivity contribution >= 4 is 32.3 Å². The van der Waals surface area contributed by atoms with E-state index in [0.717, 1.165) is 0 Å². The van der Waals surface area contributed by atoms with Crippen LogP contribution in [-0.4, -0.2) is 20.5 Å². The zero-order chi connectivity index (χ0) is 20.6. The van der Waals surface area contributed by atoms with Crippen LogP contribution < -0.4 is 4.74 Å². The molecule has 3 aromatic carbocycles. The fourth-order valence-electron chi connectivity index (χ4n) is 3.02. The summed E-state index contributed by atoms with van der Waals surface area (Å²) in [6.45, 7) is 0. The molecule has 146 valence electrons. The molecule has 29 heavy (non-hydrogen) atoms. The van der Waals surface area contributed by atoms with Gasteiger partial charge in [0.2, 0.25) is 9.84 Å². The molecule has 4 aromatic rings. The highest BCUT2D eigenvalue weighted by molar-refractivity contribution is 7.91. The molecule has 0 bridgehead atoms. The van der Waals surface area contributed by atoms with Gasteiger partial charge in [-0.05, 0) is 54.6 Å². The maximum atomic E-state index is 13.7. The van der Waals surface area contributed by atoms with Crippen molar-refractivity contribution in [1.82, 2.24) is 4.98 Å². The van der Waals surface area contributed by atoms with Gasteiger partial charge in [0.15, 0.2) is 0 Å². The number of sulfone groups is 1. The first-order chi connectivity index (χ1) is 13.9. The normalized spacial score (nSPS) is 11.6. The predicted molar refractivity (Wildman–Crippen MR) is 111 cm³/mol. The second-order valence-corrected chi connectivity index (χ2v) is 8.71. The zero-order valence-corrected chi connectivity index (χ0v) is 16.8. The molecule has 4 nitrogen and oxygen atoms in total. The molecule has 0 amide bonds. The van der Waals surface area contributed by atoms with E-state index in [2.05, 4.69) is 4.98 Å². The van der Waals surface area contributed by atoms with Crippen LogP contribution in [0.25, 0.3) is 22.2 Å². The smallest absolute Gasteiger partial charge is 0.208 e. The van der Waals surface area contributed by atoms with Crippen LogP contribution in [0.15, 0.2) is 82.6 Å². The van der Waals surface area contributed by atoms with Gasteiger partial charge in [-0.1, -0.05) is 23.7 Å². The number of aromatic nitrogens is 1. The Bertz CT molecular complexity index is 1300. The highest BCUT2D eigenvalue weighted by Gasteiger charge is 2.24. The molecule has 0 atom stereocenters. The quantitative estimate of drug-likeness (QED) is 0.429. The maximum Gasteiger partial charge on any atom is 0.208 e. The topological polar surface area (TPSA) is 56.3 Å². The SMILES string of the molecule is COc1ccc(S(=O)(=O)c2cc3ccc(F)cc3nc2-c2ccc(Cl)cc2)cc1. The van der Waals surface area contributed by atoms with E-state index >= 15 is 0 Å². The van der Waals surface area contributed by atoms with E-state index in [1.54, 1.807) is 36.4 Å². The molecule has 1 heterocycles. The lowest BCUT2D eigenvalue weighted by molar-refractivity contribution is 0.414. The van der Waals surface area contributed by atoms with Gasteiger partial charge in [0.05, 0.1) is 28.1 Å². The van der Waals surface area contributed by atoms with Crippen LogP contribution in [0.1, 0.15) is 0 Å². The standard InChI is InChI=1S/C22H15ClFNO3S/c1-28-18-8-10-19(11-9-18)29(26,27)21-12-15-4-7-17(24)13-20(15)25-22(21)14-2-5-16(23)6-3-14/h2-13H,1H3. The van der Waals surface area contributed by atoms with Crippen LogP contribution in [-0.2, 0) is 9.84 Å². The van der Waals surface area contributed by atoms with Crippen LogP contribution in [0, 0.1) is 5.82 Å². The van der Waals surface area contributed by atoms with E-state index in [9.17, 15) is 12.8 Å². The van der Waals surface area contributed by atoms with Gasteiger partial charge in [0.1, 0.15) is 11.6 Å². The van der Waals surface area contributed by atoms with Gasteiger partial charge < -0.3 is 4.74 Å². The molecular weight excluding hydrogens is 413 g/mol. The second kappa shape index (κ2) is 7.46. The summed E-state index contributed by atoms with van der Waals surface area (Å²) in [4.78, 5) is 4.61. The maximum absolute atomic E-state index is 13.7. The Labute approximate surface area is 172 Å². The monoisotopic (exact) mass is 427 g/mol.